The summed E-state index contributed by atoms with van der Waals surface area (Å²) in [6.07, 6.45) is 0.801. The van der Waals surface area contributed by atoms with Crippen molar-refractivity contribution in [2.24, 2.45) is 11.8 Å². The summed E-state index contributed by atoms with van der Waals surface area (Å²) in [6.45, 7) is 6.17. The van der Waals surface area contributed by atoms with Crippen molar-refractivity contribution in [2.45, 2.75) is 32.4 Å². The number of amides is 1. The molecule has 1 heterocycles. The lowest BCUT2D eigenvalue weighted by molar-refractivity contribution is -0.126. The molecule has 0 aliphatic carbocycles. The molecule has 0 radical (unpaired) electrons. The lowest BCUT2D eigenvalue weighted by atomic mass is 10.1. The predicted octanol–water partition coefficient (Wildman–Crippen LogP) is -0.363. The molecule has 0 aromatic heterocycles. The molecule has 94 valence electrons. The van der Waals surface area contributed by atoms with Gasteiger partial charge in [-0.15, -0.1) is 0 Å². The van der Waals surface area contributed by atoms with E-state index in [1.54, 1.807) is 0 Å². The van der Waals surface area contributed by atoms with E-state index < -0.39 is 0 Å². The molecule has 0 bridgehead atoms. The van der Waals surface area contributed by atoms with Crippen molar-refractivity contribution in [2.75, 3.05) is 27.2 Å². The topological polar surface area (TPSA) is 61.6 Å². The molecular weight excluding hydrogens is 204 g/mol. The van der Waals surface area contributed by atoms with E-state index in [1.165, 1.54) is 0 Å². The van der Waals surface area contributed by atoms with Gasteiger partial charge in [0, 0.05) is 19.1 Å². The van der Waals surface area contributed by atoms with E-state index in [2.05, 4.69) is 36.2 Å². The number of nitrogens with two attached hydrogens (primary N) is 1. The number of nitrogens with one attached hydrogen (secondary N) is 1. The second kappa shape index (κ2) is 5.61. The highest BCUT2D eigenvalue weighted by molar-refractivity contribution is 5.81. The van der Waals surface area contributed by atoms with Crippen LogP contribution in [0.3, 0.4) is 0 Å². The van der Waals surface area contributed by atoms with E-state index in [0.717, 1.165) is 19.5 Å². The highest BCUT2D eigenvalue weighted by Gasteiger charge is 2.36. The molecule has 1 saturated heterocycles. The summed E-state index contributed by atoms with van der Waals surface area (Å²) in [5, 5.41) is 0. The summed E-state index contributed by atoms with van der Waals surface area (Å²) in [7, 11) is 4.18. The number of likely N-dealkylation sites (tertiary alicyclic amines) is 1. The molecule has 3 N–H and O–H groups in total. The summed E-state index contributed by atoms with van der Waals surface area (Å²) in [5.41, 5.74) is 2.26. The van der Waals surface area contributed by atoms with Crippen LogP contribution in [0.5, 0.6) is 0 Å². The number of hydrogen-bond acceptors (Lipinski definition) is 4. The largest absolute Gasteiger partial charge is 0.305 e. The molecule has 0 spiro atoms. The summed E-state index contributed by atoms with van der Waals surface area (Å²) < 4.78 is 0. The lowest BCUT2D eigenvalue weighted by Gasteiger charge is -2.26. The Balaban J connectivity index is 2.65. The number of likely N-dealkylation sites (N-methyl/N-ethyl adjacent to an activating group) is 1. The minimum Gasteiger partial charge on any atom is -0.305 e. The first-order chi connectivity index (χ1) is 7.51. The van der Waals surface area contributed by atoms with Crippen LogP contribution in [-0.2, 0) is 4.79 Å². The molecule has 1 amide bonds. The molecule has 1 aliphatic heterocycles. The van der Waals surface area contributed by atoms with Gasteiger partial charge in [0.2, 0.25) is 0 Å². The molecule has 0 aromatic carbocycles. The van der Waals surface area contributed by atoms with Gasteiger partial charge in [-0.05, 0) is 26.4 Å². The standard InChI is InChI=1S/C11H24N4O/c1-5-9(11(16)13-12)15-6-8(2)10(7-15)14(3)4/h8-10H,5-7,12H2,1-4H3,(H,13,16). The Morgan fingerprint density at radius 2 is 2.19 bits per heavy atom. The Kier molecular flexibility index (Phi) is 4.70. The van der Waals surface area contributed by atoms with Gasteiger partial charge in [0.25, 0.3) is 5.91 Å². The molecule has 3 atom stereocenters. The zero-order valence-electron chi connectivity index (χ0n) is 10.7. The van der Waals surface area contributed by atoms with Gasteiger partial charge in [-0.3, -0.25) is 15.1 Å². The molecule has 0 saturated carbocycles. The second-order valence-corrected chi connectivity index (χ2v) is 4.89. The van der Waals surface area contributed by atoms with Crippen LogP contribution in [0.15, 0.2) is 0 Å². The maximum atomic E-state index is 11.6. The first-order valence-electron chi connectivity index (χ1n) is 5.92. The highest BCUT2D eigenvalue weighted by Crippen LogP contribution is 2.22. The molecule has 3 unspecified atom stereocenters. The van der Waals surface area contributed by atoms with Crippen molar-refractivity contribution in [3.63, 3.8) is 0 Å². The number of hydrazine groups is 1. The third-order valence-corrected chi connectivity index (χ3v) is 3.54. The Bertz CT molecular complexity index is 244. The van der Waals surface area contributed by atoms with Gasteiger partial charge >= 0.3 is 0 Å². The van der Waals surface area contributed by atoms with Crippen LogP contribution < -0.4 is 11.3 Å². The number of nitrogens with zero attached hydrogens (tertiary/aromatic N) is 2. The van der Waals surface area contributed by atoms with Crippen LogP contribution in [-0.4, -0.2) is 55.0 Å². The van der Waals surface area contributed by atoms with Crippen molar-refractivity contribution in [3.05, 3.63) is 0 Å². The van der Waals surface area contributed by atoms with Crippen molar-refractivity contribution in [3.8, 4) is 0 Å². The van der Waals surface area contributed by atoms with Gasteiger partial charge in [0.05, 0.1) is 6.04 Å². The third kappa shape index (κ3) is 2.72. The van der Waals surface area contributed by atoms with Crippen molar-refractivity contribution < 1.29 is 4.79 Å². The summed E-state index contributed by atoms with van der Waals surface area (Å²) in [6, 6.07) is 0.442. The smallest absolute Gasteiger partial charge is 0.251 e. The quantitative estimate of drug-likeness (QED) is 0.392. The number of rotatable bonds is 4. The van der Waals surface area contributed by atoms with Crippen molar-refractivity contribution >= 4 is 5.91 Å². The van der Waals surface area contributed by atoms with E-state index in [0.29, 0.717) is 12.0 Å². The van der Waals surface area contributed by atoms with Crippen LogP contribution in [0.25, 0.3) is 0 Å². The van der Waals surface area contributed by atoms with E-state index in [-0.39, 0.29) is 11.9 Å². The second-order valence-electron chi connectivity index (χ2n) is 4.89. The minimum absolute atomic E-state index is 0.0749. The maximum Gasteiger partial charge on any atom is 0.251 e. The van der Waals surface area contributed by atoms with Gasteiger partial charge in [0.1, 0.15) is 0 Å². The molecule has 1 rings (SSSR count). The van der Waals surface area contributed by atoms with Gasteiger partial charge in [-0.25, -0.2) is 5.84 Å². The zero-order chi connectivity index (χ0) is 12.3. The van der Waals surface area contributed by atoms with E-state index in [4.69, 9.17) is 5.84 Å². The highest BCUT2D eigenvalue weighted by atomic mass is 16.2. The Labute approximate surface area is 97.9 Å². The van der Waals surface area contributed by atoms with E-state index in [1.807, 2.05) is 6.92 Å². The third-order valence-electron chi connectivity index (χ3n) is 3.54. The van der Waals surface area contributed by atoms with Gasteiger partial charge in [-0.1, -0.05) is 13.8 Å². The average molecular weight is 228 g/mol. The van der Waals surface area contributed by atoms with E-state index in [9.17, 15) is 4.79 Å². The molecule has 1 fully saturated rings. The fourth-order valence-electron chi connectivity index (χ4n) is 2.62. The van der Waals surface area contributed by atoms with Crippen LogP contribution in [0.4, 0.5) is 0 Å². The number of carbonyl (C=O) groups is 1. The Morgan fingerprint density at radius 1 is 1.56 bits per heavy atom. The molecule has 16 heavy (non-hydrogen) atoms. The van der Waals surface area contributed by atoms with Gasteiger partial charge < -0.3 is 4.90 Å². The Morgan fingerprint density at radius 3 is 2.56 bits per heavy atom. The SMILES string of the molecule is CCC(C(=O)NN)N1CC(C)C(N(C)C)C1. The fourth-order valence-corrected chi connectivity index (χ4v) is 2.62. The number of hydrogen-bond donors (Lipinski definition) is 2. The van der Waals surface area contributed by atoms with Crippen molar-refractivity contribution in [1.82, 2.24) is 15.2 Å². The van der Waals surface area contributed by atoms with Gasteiger partial charge in [-0.2, -0.15) is 0 Å². The van der Waals surface area contributed by atoms with E-state index >= 15 is 0 Å². The molecule has 0 aromatic rings. The molecule has 5 nitrogen and oxygen atoms in total. The molecule has 5 heteroatoms. The van der Waals surface area contributed by atoms with Crippen LogP contribution in [0.2, 0.25) is 0 Å². The van der Waals surface area contributed by atoms with Crippen LogP contribution in [0.1, 0.15) is 20.3 Å². The Hall–Kier alpha value is -0.650. The van der Waals surface area contributed by atoms with Crippen LogP contribution >= 0.6 is 0 Å². The first kappa shape index (κ1) is 13.4. The molecular formula is C11H24N4O. The monoisotopic (exact) mass is 228 g/mol. The van der Waals surface area contributed by atoms with Crippen molar-refractivity contribution in [1.29, 1.82) is 0 Å². The summed E-state index contributed by atoms with van der Waals surface area (Å²) in [5.74, 6) is 5.73. The predicted molar refractivity (Wildman–Crippen MR) is 64.6 cm³/mol. The number of carbonyl (C=O) groups excluding carboxylic acids is 1. The minimum atomic E-state index is -0.0857. The van der Waals surface area contributed by atoms with Gasteiger partial charge in [0.15, 0.2) is 0 Å². The fraction of sp³-hybridized carbons (Fsp3) is 0.909. The lowest BCUT2D eigenvalue weighted by Crippen LogP contribution is -2.48. The first-order valence-corrected chi connectivity index (χ1v) is 5.92. The zero-order valence-corrected chi connectivity index (χ0v) is 10.7. The summed E-state index contributed by atoms with van der Waals surface area (Å²) >= 11 is 0. The average Bonchev–Trinajstić information content (AvgIpc) is 2.61. The normalized spacial score (nSPS) is 28.4. The van der Waals surface area contributed by atoms with Crippen LogP contribution in [0, 0.1) is 5.92 Å². The summed E-state index contributed by atoms with van der Waals surface area (Å²) in [4.78, 5) is 16.1. The maximum absolute atomic E-state index is 11.6. The molecule has 1 aliphatic rings.